The monoisotopic (exact) mass is 125 g/mol. The highest BCUT2D eigenvalue weighted by atomic mass is 32.2. The van der Waals surface area contributed by atoms with Crippen LogP contribution < -0.4 is 4.72 Å². The van der Waals surface area contributed by atoms with Crippen LogP contribution in [0.1, 0.15) is 0 Å². The molecule has 0 spiro atoms. The summed E-state index contributed by atoms with van der Waals surface area (Å²) >= 11 is 2.16. The predicted octanol–water partition coefficient (Wildman–Crippen LogP) is -0.330. The summed E-state index contributed by atoms with van der Waals surface area (Å²) in [5, 5.41) is 0. The summed E-state index contributed by atoms with van der Waals surface area (Å²) in [4.78, 5) is 0. The van der Waals surface area contributed by atoms with Crippen molar-refractivity contribution in [1.29, 1.82) is 0 Å². The topological polar surface area (TPSA) is 49.3 Å². The van der Waals surface area contributed by atoms with E-state index in [1.54, 1.807) is 0 Å². The zero-order valence-corrected chi connectivity index (χ0v) is 4.38. The molecule has 0 aromatic rings. The number of hydrogen-bond acceptors (Lipinski definition) is 2. The fourth-order valence-electron chi connectivity index (χ4n) is 0.0412. The fourth-order valence-corrected chi connectivity index (χ4v) is 0.370. The van der Waals surface area contributed by atoms with Crippen molar-refractivity contribution in [3.05, 3.63) is 0 Å². The van der Waals surface area contributed by atoms with Crippen LogP contribution in [0.2, 0.25) is 0 Å². The van der Waals surface area contributed by atoms with E-state index in [1.165, 1.54) is 0 Å². The quantitative estimate of drug-likeness (QED) is 0.392. The molecule has 0 radical (unpaired) electrons. The van der Waals surface area contributed by atoms with Gasteiger partial charge < -0.3 is 0 Å². The molecule has 0 saturated carbocycles. The molecule has 0 amide bonds. The van der Waals surface area contributed by atoms with Crippen molar-refractivity contribution in [2.45, 2.75) is 0 Å². The average Bonchev–Trinajstić information content (AvgIpc) is 1.35. The number of thiocarbonyl (C=S) groups is 1. The van der Waals surface area contributed by atoms with E-state index in [1.807, 2.05) is 4.72 Å². The standard InChI is InChI=1S/CH3NO2S2/c3-6(4)2-1-5/h1H,(H,2,5)(H,3,4). The third kappa shape index (κ3) is 4.00. The maximum atomic E-state index is 9.50. The molecule has 0 fully saturated rings. The largest absolute Gasteiger partial charge is 0.289 e. The van der Waals surface area contributed by atoms with E-state index < -0.39 is 11.3 Å². The third-order valence-corrected chi connectivity index (χ3v) is 0.735. The Balaban J connectivity index is 3.05. The first kappa shape index (κ1) is 6.00. The van der Waals surface area contributed by atoms with Crippen molar-refractivity contribution in [2.24, 2.45) is 0 Å². The summed E-state index contributed by atoms with van der Waals surface area (Å²) in [6.45, 7) is 0. The summed E-state index contributed by atoms with van der Waals surface area (Å²) in [7, 11) is 0. The van der Waals surface area contributed by atoms with E-state index in [2.05, 4.69) is 12.2 Å². The van der Waals surface area contributed by atoms with Gasteiger partial charge in [-0.15, -0.1) is 0 Å². The van der Waals surface area contributed by atoms with Crippen molar-refractivity contribution < 1.29 is 8.76 Å². The van der Waals surface area contributed by atoms with Gasteiger partial charge in [-0.1, -0.05) is 12.2 Å². The highest BCUT2D eigenvalue weighted by molar-refractivity contribution is 7.82. The summed E-state index contributed by atoms with van der Waals surface area (Å²) in [6.07, 6.45) is 0. The van der Waals surface area contributed by atoms with Gasteiger partial charge in [-0.3, -0.25) is 9.27 Å². The fraction of sp³-hybridized carbons (Fsp3) is 0. The molecule has 0 aromatic heterocycles. The first-order valence-corrected chi connectivity index (χ1v) is 2.66. The molecule has 1 unspecified atom stereocenters. The van der Waals surface area contributed by atoms with Crippen molar-refractivity contribution >= 4 is 29.0 Å². The molecule has 36 valence electrons. The molecule has 5 heteroatoms. The number of rotatable bonds is 2. The van der Waals surface area contributed by atoms with Crippen molar-refractivity contribution in [1.82, 2.24) is 4.72 Å². The zero-order chi connectivity index (χ0) is 4.99. The number of hydrogen-bond donors (Lipinski definition) is 2. The minimum absolute atomic E-state index is 0.982. The molecule has 0 aromatic carbocycles. The summed E-state index contributed by atoms with van der Waals surface area (Å²) < 4.78 is 19.2. The molecule has 6 heavy (non-hydrogen) atoms. The molecule has 3 nitrogen and oxygen atoms in total. The molecule has 2 N–H and O–H groups in total. The molecule has 0 bridgehead atoms. The lowest BCUT2D eigenvalue weighted by molar-refractivity contribution is 0.561. The second-order valence-electron chi connectivity index (χ2n) is 0.485. The molecule has 0 aliphatic carbocycles. The third-order valence-electron chi connectivity index (χ3n) is 0.149. The predicted molar refractivity (Wildman–Crippen MR) is 27.6 cm³/mol. The first-order valence-electron chi connectivity index (χ1n) is 1.08. The van der Waals surface area contributed by atoms with Crippen LogP contribution in [0.3, 0.4) is 0 Å². The molecule has 0 rings (SSSR count). The first-order chi connectivity index (χ1) is 2.77. The van der Waals surface area contributed by atoms with Crippen LogP contribution in [0.5, 0.6) is 0 Å². The van der Waals surface area contributed by atoms with Gasteiger partial charge >= 0.3 is 0 Å². The van der Waals surface area contributed by atoms with E-state index in [9.17, 15) is 4.21 Å². The minimum Gasteiger partial charge on any atom is -0.289 e. The van der Waals surface area contributed by atoms with Crippen LogP contribution in [0.15, 0.2) is 0 Å². The Morgan fingerprint density at radius 3 is 2.50 bits per heavy atom. The lowest BCUT2D eigenvalue weighted by atomic mass is 11.6. The molecular formula is CH3NO2S2. The van der Waals surface area contributed by atoms with Gasteiger partial charge in [0, 0.05) is 0 Å². The Morgan fingerprint density at radius 1 is 2.00 bits per heavy atom. The number of nitrogens with one attached hydrogen (secondary N) is 1. The molecule has 0 saturated heterocycles. The van der Waals surface area contributed by atoms with E-state index in [0.717, 1.165) is 5.49 Å². The van der Waals surface area contributed by atoms with Crippen LogP contribution >= 0.6 is 12.2 Å². The van der Waals surface area contributed by atoms with Gasteiger partial charge in [0.15, 0.2) is 0 Å². The van der Waals surface area contributed by atoms with E-state index in [0.29, 0.717) is 0 Å². The van der Waals surface area contributed by atoms with E-state index in [-0.39, 0.29) is 0 Å². The zero-order valence-electron chi connectivity index (χ0n) is 2.75. The van der Waals surface area contributed by atoms with Crippen LogP contribution in [0.25, 0.3) is 0 Å². The SMILES string of the molecule is O=S(O)NC=S. The van der Waals surface area contributed by atoms with Crippen molar-refractivity contribution in [3.63, 3.8) is 0 Å². The maximum absolute atomic E-state index is 9.50. The lowest BCUT2D eigenvalue weighted by Gasteiger charge is -1.81. The van der Waals surface area contributed by atoms with Crippen LogP contribution in [-0.2, 0) is 11.3 Å². The Kier molecular flexibility index (Phi) is 3.20. The normalized spacial score (nSPS) is 12.8. The van der Waals surface area contributed by atoms with Crippen LogP contribution in [0.4, 0.5) is 0 Å². The minimum atomic E-state index is -1.98. The van der Waals surface area contributed by atoms with E-state index in [4.69, 9.17) is 4.55 Å². The van der Waals surface area contributed by atoms with Crippen molar-refractivity contribution in [3.8, 4) is 0 Å². The Hall–Kier alpha value is -0.0000000000000000555. The Bertz CT molecular complexity index is 71.9. The average molecular weight is 125 g/mol. The van der Waals surface area contributed by atoms with Gasteiger partial charge in [-0.25, -0.2) is 4.21 Å². The van der Waals surface area contributed by atoms with Gasteiger partial charge in [-0.2, -0.15) is 0 Å². The Labute approximate surface area is 43.2 Å². The highest BCUT2D eigenvalue weighted by Gasteiger charge is 1.76. The van der Waals surface area contributed by atoms with Crippen LogP contribution in [-0.4, -0.2) is 14.3 Å². The maximum Gasteiger partial charge on any atom is 0.259 e. The Morgan fingerprint density at radius 2 is 2.50 bits per heavy atom. The van der Waals surface area contributed by atoms with Crippen LogP contribution in [0, 0.1) is 0 Å². The summed E-state index contributed by atoms with van der Waals surface area (Å²) in [6, 6.07) is 0. The van der Waals surface area contributed by atoms with Crippen molar-refractivity contribution in [2.75, 3.05) is 0 Å². The highest BCUT2D eigenvalue weighted by Crippen LogP contribution is 1.53. The molecule has 0 heterocycles. The molecule has 0 aliphatic rings. The van der Waals surface area contributed by atoms with Gasteiger partial charge in [-0.05, 0) is 0 Å². The molecule has 0 aliphatic heterocycles. The summed E-state index contributed by atoms with van der Waals surface area (Å²) in [5.41, 5.74) is 0.982. The van der Waals surface area contributed by atoms with Gasteiger partial charge in [0.2, 0.25) is 0 Å². The molecular weight excluding hydrogens is 122 g/mol. The van der Waals surface area contributed by atoms with E-state index >= 15 is 0 Å². The second kappa shape index (κ2) is 3.20. The summed E-state index contributed by atoms with van der Waals surface area (Å²) in [5.74, 6) is 0. The smallest absolute Gasteiger partial charge is 0.259 e. The lowest BCUT2D eigenvalue weighted by Crippen LogP contribution is -2.10. The molecule has 1 atom stereocenters. The van der Waals surface area contributed by atoms with Gasteiger partial charge in [0.1, 0.15) is 0 Å². The van der Waals surface area contributed by atoms with Gasteiger partial charge in [0.25, 0.3) is 11.3 Å². The second-order valence-corrected chi connectivity index (χ2v) is 1.45. The van der Waals surface area contributed by atoms with Gasteiger partial charge in [0.05, 0.1) is 5.49 Å².